The van der Waals surface area contributed by atoms with Crippen molar-refractivity contribution in [2.24, 2.45) is 0 Å². The van der Waals surface area contributed by atoms with Crippen molar-refractivity contribution in [1.29, 1.82) is 0 Å². The third-order valence-electron chi connectivity index (χ3n) is 5.95. The van der Waals surface area contributed by atoms with Crippen molar-refractivity contribution >= 4 is 0 Å². The summed E-state index contributed by atoms with van der Waals surface area (Å²) in [5, 5.41) is 14.6. The van der Waals surface area contributed by atoms with Gasteiger partial charge in [0, 0.05) is 18.6 Å². The van der Waals surface area contributed by atoms with E-state index in [0.29, 0.717) is 17.8 Å². The number of hydrogen-bond acceptors (Lipinski definition) is 3. The largest absolute Gasteiger partial charge is 0.238 e. The second-order valence-electron chi connectivity index (χ2n) is 7.94. The first-order chi connectivity index (χ1) is 13.5. The zero-order chi connectivity index (χ0) is 20.3. The van der Waals surface area contributed by atoms with E-state index >= 15 is 0 Å². The van der Waals surface area contributed by atoms with Crippen molar-refractivity contribution in [2.45, 2.75) is 84.8 Å². The van der Waals surface area contributed by atoms with Gasteiger partial charge in [-0.1, -0.05) is 41.5 Å². The normalized spacial score (nSPS) is 16.1. The lowest BCUT2D eigenvalue weighted by atomic mass is 10.1. The van der Waals surface area contributed by atoms with Gasteiger partial charge in [-0.05, 0) is 55.2 Å². The van der Waals surface area contributed by atoms with E-state index in [2.05, 4.69) is 59.7 Å². The summed E-state index contributed by atoms with van der Waals surface area (Å²) in [4.78, 5) is 0. The Morgan fingerprint density at radius 2 is 0.893 bits per heavy atom. The fourth-order valence-electron chi connectivity index (χ4n) is 3.22. The van der Waals surface area contributed by atoms with Gasteiger partial charge >= 0.3 is 0 Å². The summed E-state index contributed by atoms with van der Waals surface area (Å²) in [7, 11) is 0. The van der Waals surface area contributed by atoms with E-state index in [4.69, 9.17) is 15.3 Å². The highest BCUT2D eigenvalue weighted by atomic mass is 15.6. The molecule has 152 valence electrons. The van der Waals surface area contributed by atoms with E-state index in [-0.39, 0.29) is 6.29 Å². The molecule has 0 radical (unpaired) electrons. The summed E-state index contributed by atoms with van der Waals surface area (Å²) in [6.45, 7) is 13.2. The topological polar surface area (TPSA) is 53.5 Å². The van der Waals surface area contributed by atoms with Gasteiger partial charge in [0.2, 0.25) is 6.29 Å². The van der Waals surface area contributed by atoms with E-state index in [1.54, 1.807) is 0 Å². The first-order valence-corrected chi connectivity index (χ1v) is 10.6. The zero-order valence-corrected chi connectivity index (χ0v) is 18.1. The molecule has 0 spiro atoms. The van der Waals surface area contributed by atoms with Crippen molar-refractivity contribution in [2.75, 3.05) is 0 Å². The van der Waals surface area contributed by atoms with Gasteiger partial charge in [0.15, 0.2) is 0 Å². The van der Waals surface area contributed by atoms with Gasteiger partial charge in [0.25, 0.3) is 0 Å². The summed E-state index contributed by atoms with van der Waals surface area (Å²) in [5.41, 5.74) is 3.32. The molecular weight excluding hydrogens is 348 g/mol. The van der Waals surface area contributed by atoms with Gasteiger partial charge < -0.3 is 0 Å². The van der Waals surface area contributed by atoms with Crippen LogP contribution in [0.25, 0.3) is 0 Å². The van der Waals surface area contributed by atoms with Gasteiger partial charge in [-0.2, -0.15) is 15.3 Å². The highest BCUT2D eigenvalue weighted by molar-refractivity contribution is 5.10. The SMILES string of the molecule is CCC(C)c1ccn(C(n2ccc(C(C)CC)n2)n2ccc(C(C)CC)n2)n1. The maximum atomic E-state index is 4.88. The number of hydrogen-bond donors (Lipinski definition) is 0. The number of aromatic nitrogens is 6. The third-order valence-corrected chi connectivity index (χ3v) is 5.95. The minimum absolute atomic E-state index is 0.242. The molecule has 0 aromatic carbocycles. The van der Waals surface area contributed by atoms with Crippen LogP contribution in [0.15, 0.2) is 36.8 Å². The first kappa shape index (κ1) is 20.4. The van der Waals surface area contributed by atoms with Crippen molar-refractivity contribution in [1.82, 2.24) is 29.3 Å². The maximum absolute atomic E-state index is 4.88. The molecular formula is C22H34N6. The molecule has 0 saturated heterocycles. The summed E-state index contributed by atoms with van der Waals surface area (Å²) < 4.78 is 5.92. The molecule has 3 atom stereocenters. The molecule has 3 rings (SSSR count). The van der Waals surface area contributed by atoms with E-state index in [0.717, 1.165) is 36.3 Å². The van der Waals surface area contributed by atoms with Crippen LogP contribution in [0, 0.1) is 0 Å². The summed E-state index contributed by atoms with van der Waals surface area (Å²) >= 11 is 0. The Labute approximate surface area is 168 Å². The third kappa shape index (κ3) is 4.05. The molecule has 0 amide bonds. The first-order valence-electron chi connectivity index (χ1n) is 10.6. The monoisotopic (exact) mass is 382 g/mol. The molecule has 0 aliphatic heterocycles. The van der Waals surface area contributed by atoms with Crippen molar-refractivity contribution in [3.05, 3.63) is 53.9 Å². The number of rotatable bonds is 9. The molecule has 6 heteroatoms. The molecule has 3 unspecified atom stereocenters. The quantitative estimate of drug-likeness (QED) is 0.500. The molecule has 3 aromatic heterocycles. The summed E-state index contributed by atoms with van der Waals surface area (Å²) in [5.74, 6) is 1.30. The highest BCUT2D eigenvalue weighted by Crippen LogP contribution is 2.23. The van der Waals surface area contributed by atoms with Crippen LogP contribution in [0.5, 0.6) is 0 Å². The van der Waals surface area contributed by atoms with Crippen LogP contribution in [0.1, 0.15) is 102 Å². The fourth-order valence-corrected chi connectivity index (χ4v) is 3.22. The predicted molar refractivity (Wildman–Crippen MR) is 113 cm³/mol. The molecule has 3 heterocycles. The van der Waals surface area contributed by atoms with E-state index < -0.39 is 0 Å². The molecule has 0 aliphatic carbocycles. The lowest BCUT2D eigenvalue weighted by molar-refractivity contribution is 0.279. The molecule has 0 bridgehead atoms. The van der Waals surface area contributed by atoms with Crippen LogP contribution in [-0.4, -0.2) is 29.3 Å². The van der Waals surface area contributed by atoms with Crippen LogP contribution >= 0.6 is 0 Å². The van der Waals surface area contributed by atoms with Crippen molar-refractivity contribution in [3.63, 3.8) is 0 Å². The molecule has 0 aliphatic rings. The van der Waals surface area contributed by atoms with E-state index in [1.807, 2.05) is 32.6 Å². The minimum Gasteiger partial charge on any atom is -0.227 e. The average molecular weight is 383 g/mol. The fraction of sp³-hybridized carbons (Fsp3) is 0.591. The lowest BCUT2D eigenvalue weighted by Gasteiger charge is -2.19. The zero-order valence-electron chi connectivity index (χ0n) is 18.1. The van der Waals surface area contributed by atoms with Crippen molar-refractivity contribution < 1.29 is 0 Å². The Morgan fingerprint density at radius 3 is 1.14 bits per heavy atom. The Morgan fingerprint density at radius 1 is 0.607 bits per heavy atom. The summed E-state index contributed by atoms with van der Waals surface area (Å²) in [6, 6.07) is 6.33. The molecule has 0 saturated carbocycles. The predicted octanol–water partition coefficient (Wildman–Crippen LogP) is 5.37. The second-order valence-corrected chi connectivity index (χ2v) is 7.94. The van der Waals surface area contributed by atoms with Crippen molar-refractivity contribution in [3.8, 4) is 0 Å². The Kier molecular flexibility index (Phi) is 6.37. The molecule has 0 N–H and O–H groups in total. The average Bonchev–Trinajstić information content (AvgIpc) is 3.47. The van der Waals surface area contributed by atoms with Crippen LogP contribution in [0.4, 0.5) is 0 Å². The molecule has 3 aromatic rings. The second kappa shape index (κ2) is 8.76. The van der Waals surface area contributed by atoms with E-state index in [1.165, 1.54) is 0 Å². The van der Waals surface area contributed by atoms with Gasteiger partial charge in [0.1, 0.15) is 0 Å². The maximum Gasteiger partial charge on any atom is 0.238 e. The van der Waals surface area contributed by atoms with Gasteiger partial charge in [-0.15, -0.1) is 0 Å². The number of nitrogens with zero attached hydrogens (tertiary/aromatic N) is 6. The van der Waals surface area contributed by atoms with Gasteiger partial charge in [-0.25, -0.2) is 14.0 Å². The Hall–Kier alpha value is -2.37. The highest BCUT2D eigenvalue weighted by Gasteiger charge is 2.21. The Balaban J connectivity index is 2.02. The van der Waals surface area contributed by atoms with Gasteiger partial charge in [0.05, 0.1) is 17.1 Å². The van der Waals surface area contributed by atoms with Crippen LogP contribution < -0.4 is 0 Å². The van der Waals surface area contributed by atoms with E-state index in [9.17, 15) is 0 Å². The molecule has 6 nitrogen and oxygen atoms in total. The summed E-state index contributed by atoms with van der Waals surface area (Å²) in [6.07, 6.45) is 9.10. The van der Waals surface area contributed by atoms with Crippen LogP contribution in [0.3, 0.4) is 0 Å². The van der Waals surface area contributed by atoms with Gasteiger partial charge in [-0.3, -0.25) is 0 Å². The standard InChI is InChI=1S/C22H34N6/c1-7-16(4)19-10-13-26(23-19)22(27-14-11-20(24-27)17(5)8-2)28-15-12-21(25-28)18(6)9-3/h10-18,22H,7-9H2,1-6H3. The van der Waals surface area contributed by atoms with Crippen LogP contribution in [0.2, 0.25) is 0 Å². The Bertz CT molecular complexity index is 758. The molecule has 28 heavy (non-hydrogen) atoms. The van der Waals surface area contributed by atoms with Crippen LogP contribution in [-0.2, 0) is 0 Å². The lowest BCUT2D eigenvalue weighted by Crippen LogP contribution is -2.28. The molecule has 0 fully saturated rings. The minimum atomic E-state index is -0.242. The smallest absolute Gasteiger partial charge is 0.227 e.